The van der Waals surface area contributed by atoms with E-state index in [1.807, 2.05) is 36.4 Å². The molecule has 0 radical (unpaired) electrons. The molecule has 2 aromatic carbocycles. The lowest BCUT2D eigenvalue weighted by atomic mass is 10.1. The quantitative estimate of drug-likeness (QED) is 0.620. The summed E-state index contributed by atoms with van der Waals surface area (Å²) in [5.41, 5.74) is 2.23. The van der Waals surface area contributed by atoms with E-state index >= 15 is 0 Å². The summed E-state index contributed by atoms with van der Waals surface area (Å²) < 4.78 is -0.902. The van der Waals surface area contributed by atoms with Gasteiger partial charge in [0, 0.05) is 0 Å². The molecule has 1 aliphatic heterocycles. The zero-order valence-corrected chi connectivity index (χ0v) is 13.6. The van der Waals surface area contributed by atoms with Crippen LogP contribution in [0.25, 0.3) is 0 Å². The van der Waals surface area contributed by atoms with Crippen molar-refractivity contribution in [1.82, 2.24) is 9.80 Å². The summed E-state index contributed by atoms with van der Waals surface area (Å²) in [6, 6.07) is 20.4. The molecule has 0 aromatic heterocycles. The van der Waals surface area contributed by atoms with Crippen LogP contribution < -0.4 is 9.80 Å². The molecule has 0 bridgehead atoms. The van der Waals surface area contributed by atoms with Crippen molar-refractivity contribution in [3.05, 3.63) is 60.7 Å². The molecule has 1 aliphatic rings. The number of nitrogens with one attached hydrogen (secondary N) is 1. The molecule has 2 nitrogen and oxygen atoms in total. The third kappa shape index (κ3) is 2.67. The summed E-state index contributed by atoms with van der Waals surface area (Å²) in [4.78, 5) is 0. The number of quaternary nitrogens is 1. The Morgan fingerprint density at radius 2 is 1.33 bits per heavy atom. The minimum atomic E-state index is -1.40. The zero-order chi connectivity index (χ0) is 14.9. The molecule has 0 spiro atoms. The van der Waals surface area contributed by atoms with E-state index in [0.29, 0.717) is 4.48 Å². The molecule has 1 N–H and O–H groups in total. The molecule has 110 valence electrons. The summed E-state index contributed by atoms with van der Waals surface area (Å²) in [6.45, 7) is 1.63. The van der Waals surface area contributed by atoms with Crippen molar-refractivity contribution in [2.75, 3.05) is 13.1 Å². The van der Waals surface area contributed by atoms with Gasteiger partial charge >= 0.3 is 0 Å². The normalized spacial score (nSPS) is 21.4. The van der Waals surface area contributed by atoms with Gasteiger partial charge in [0.25, 0.3) is 3.79 Å². The summed E-state index contributed by atoms with van der Waals surface area (Å²) in [5, 5.41) is 3.36. The number of para-hydroxylation sites is 2. The SMILES string of the molecule is ClC(Cl)(Cl)C1NCC[N+]1(c1ccccc1)c1ccccc1. The van der Waals surface area contributed by atoms with Gasteiger partial charge < -0.3 is 0 Å². The predicted octanol–water partition coefficient (Wildman–Crippen LogP) is 4.63. The van der Waals surface area contributed by atoms with Crippen LogP contribution in [0, 0.1) is 0 Å². The predicted molar refractivity (Wildman–Crippen MR) is 91.3 cm³/mol. The van der Waals surface area contributed by atoms with Crippen molar-refractivity contribution < 1.29 is 0 Å². The molecule has 1 saturated heterocycles. The van der Waals surface area contributed by atoms with Crippen LogP contribution in [0.4, 0.5) is 11.4 Å². The van der Waals surface area contributed by atoms with Crippen LogP contribution in [0.1, 0.15) is 0 Å². The molecule has 2 aromatic rings. The first-order valence-electron chi connectivity index (χ1n) is 6.84. The second-order valence-corrected chi connectivity index (χ2v) is 7.53. The van der Waals surface area contributed by atoms with E-state index in [4.69, 9.17) is 34.8 Å². The highest BCUT2D eigenvalue weighted by Crippen LogP contribution is 2.46. The van der Waals surface area contributed by atoms with Gasteiger partial charge in [-0.1, -0.05) is 71.2 Å². The fraction of sp³-hybridized carbons (Fsp3) is 0.250. The van der Waals surface area contributed by atoms with Crippen molar-refractivity contribution in [3.63, 3.8) is 0 Å². The third-order valence-electron chi connectivity index (χ3n) is 3.99. The molecular weight excluding hydrogens is 327 g/mol. The topological polar surface area (TPSA) is 12.0 Å². The highest BCUT2D eigenvalue weighted by molar-refractivity contribution is 6.68. The average Bonchev–Trinajstić information content (AvgIpc) is 2.95. The van der Waals surface area contributed by atoms with Gasteiger partial charge in [-0.05, 0) is 24.3 Å². The maximum Gasteiger partial charge on any atom is 0.257 e. The fourth-order valence-electron chi connectivity index (χ4n) is 3.12. The van der Waals surface area contributed by atoms with Gasteiger partial charge in [0.05, 0.1) is 6.54 Å². The summed E-state index contributed by atoms with van der Waals surface area (Å²) in [6.07, 6.45) is -0.327. The second kappa shape index (κ2) is 5.79. The molecule has 0 amide bonds. The second-order valence-electron chi connectivity index (χ2n) is 5.16. The Kier molecular flexibility index (Phi) is 4.17. The van der Waals surface area contributed by atoms with Crippen LogP contribution in [0.2, 0.25) is 0 Å². The number of benzene rings is 2. The van der Waals surface area contributed by atoms with Crippen molar-refractivity contribution in [2.45, 2.75) is 9.96 Å². The van der Waals surface area contributed by atoms with Crippen LogP contribution in [-0.2, 0) is 0 Å². The molecule has 3 rings (SSSR count). The van der Waals surface area contributed by atoms with Gasteiger partial charge in [0.15, 0.2) is 0 Å². The molecule has 5 heteroatoms. The number of halogens is 3. The van der Waals surface area contributed by atoms with Gasteiger partial charge in [-0.25, -0.2) is 4.48 Å². The average molecular weight is 343 g/mol. The minimum Gasteiger partial charge on any atom is -0.258 e. The van der Waals surface area contributed by atoms with Gasteiger partial charge in [0.2, 0.25) is 6.17 Å². The number of nitrogens with zero attached hydrogens (tertiary/aromatic N) is 1. The molecule has 0 saturated carbocycles. The first-order chi connectivity index (χ1) is 10.0. The Bertz CT molecular complexity index is 556. The monoisotopic (exact) mass is 341 g/mol. The highest BCUT2D eigenvalue weighted by atomic mass is 35.6. The van der Waals surface area contributed by atoms with Crippen LogP contribution >= 0.6 is 34.8 Å². The largest absolute Gasteiger partial charge is 0.258 e. The third-order valence-corrected chi connectivity index (χ3v) is 4.61. The van der Waals surface area contributed by atoms with Crippen molar-refractivity contribution in [1.29, 1.82) is 0 Å². The molecule has 0 aliphatic carbocycles. The molecule has 1 heterocycles. The van der Waals surface area contributed by atoms with Gasteiger partial charge in [0.1, 0.15) is 17.9 Å². The summed E-state index contributed by atoms with van der Waals surface area (Å²) >= 11 is 18.8. The van der Waals surface area contributed by atoms with Crippen molar-refractivity contribution in [3.8, 4) is 0 Å². The Labute approximate surface area is 139 Å². The van der Waals surface area contributed by atoms with Gasteiger partial charge in [-0.3, -0.25) is 5.32 Å². The summed E-state index contributed by atoms with van der Waals surface area (Å²) in [5.74, 6) is 0. The van der Waals surface area contributed by atoms with E-state index in [9.17, 15) is 0 Å². The van der Waals surface area contributed by atoms with E-state index in [0.717, 1.165) is 24.5 Å². The molecule has 1 atom stereocenters. The minimum absolute atomic E-state index is 0.327. The molecule has 21 heavy (non-hydrogen) atoms. The number of alkyl halides is 3. The number of hydrogen-bond donors (Lipinski definition) is 1. The Hall–Kier alpha value is -0.770. The maximum atomic E-state index is 6.28. The van der Waals surface area contributed by atoms with Crippen LogP contribution in [0.15, 0.2) is 60.7 Å². The van der Waals surface area contributed by atoms with Crippen LogP contribution in [0.5, 0.6) is 0 Å². The first-order valence-corrected chi connectivity index (χ1v) is 7.97. The van der Waals surface area contributed by atoms with E-state index in [1.54, 1.807) is 0 Å². The van der Waals surface area contributed by atoms with Crippen molar-refractivity contribution in [2.24, 2.45) is 0 Å². The van der Waals surface area contributed by atoms with Crippen molar-refractivity contribution >= 4 is 46.2 Å². The van der Waals surface area contributed by atoms with Crippen LogP contribution in [0.3, 0.4) is 0 Å². The van der Waals surface area contributed by atoms with Crippen LogP contribution in [-0.4, -0.2) is 23.0 Å². The smallest absolute Gasteiger partial charge is 0.257 e. The lowest BCUT2D eigenvalue weighted by Gasteiger charge is -2.41. The Balaban J connectivity index is 2.21. The Morgan fingerprint density at radius 1 is 0.857 bits per heavy atom. The highest BCUT2D eigenvalue weighted by Gasteiger charge is 2.55. The standard InChI is InChI=1S/C16H16Cl3N2/c17-16(18,19)15-20-11-12-21(15,13-7-3-1-4-8-13)14-9-5-2-6-10-14/h1-10,15,20H,11-12H2/q+1. The molecular formula is C16H16Cl3N2+. The van der Waals surface area contributed by atoms with E-state index in [2.05, 4.69) is 29.6 Å². The zero-order valence-electron chi connectivity index (χ0n) is 11.3. The summed E-state index contributed by atoms with van der Waals surface area (Å²) in [7, 11) is 0. The van der Waals surface area contributed by atoms with Gasteiger partial charge in [-0.15, -0.1) is 0 Å². The van der Waals surface area contributed by atoms with Gasteiger partial charge in [-0.2, -0.15) is 0 Å². The Morgan fingerprint density at radius 3 is 1.76 bits per heavy atom. The maximum absolute atomic E-state index is 6.28. The fourth-order valence-corrected chi connectivity index (χ4v) is 3.85. The lowest BCUT2D eigenvalue weighted by Crippen LogP contribution is -2.58. The van der Waals surface area contributed by atoms with E-state index in [1.165, 1.54) is 0 Å². The first kappa shape index (κ1) is 15.1. The molecule has 1 unspecified atom stereocenters. The van der Waals surface area contributed by atoms with E-state index in [-0.39, 0.29) is 6.17 Å². The number of hydrogen-bond acceptors (Lipinski definition) is 1. The molecule has 1 fully saturated rings. The number of rotatable bonds is 2. The lowest BCUT2D eigenvalue weighted by molar-refractivity contribution is 0.339. The van der Waals surface area contributed by atoms with E-state index < -0.39 is 3.79 Å².